The molecule has 18 heteroatoms. The highest BCUT2D eigenvalue weighted by atomic mass is 16.8. The van der Waals surface area contributed by atoms with Crippen LogP contribution in [0.3, 0.4) is 0 Å². The van der Waals surface area contributed by atoms with E-state index in [9.17, 15) is 44.1 Å². The molecular weight excluding hydrogens is 660 g/mol. The molecule has 49 heavy (non-hydrogen) atoms. The number of hydrogen-bond acceptors (Lipinski definition) is 18. The number of esters is 6. The molecule has 1 aromatic carbocycles. The molecule has 0 unspecified atom stereocenters. The van der Waals surface area contributed by atoms with Crippen molar-refractivity contribution in [1.82, 2.24) is 0 Å². The summed E-state index contributed by atoms with van der Waals surface area (Å²) in [5, 5.41) is 32.1. The fraction of sp³-hybridized carbons (Fsp3) is 0.548. The Labute approximate surface area is 279 Å². The van der Waals surface area contributed by atoms with Gasteiger partial charge < -0.3 is 58.0 Å². The molecule has 2 aliphatic rings. The van der Waals surface area contributed by atoms with Crippen LogP contribution in [-0.2, 0) is 71.4 Å². The van der Waals surface area contributed by atoms with Gasteiger partial charge in [0.2, 0.25) is 12.1 Å². The second-order valence-electron chi connectivity index (χ2n) is 10.9. The summed E-state index contributed by atoms with van der Waals surface area (Å²) < 4.78 is 49.1. The van der Waals surface area contributed by atoms with Crippen LogP contribution in [-0.4, -0.2) is 126 Å². The predicted octanol–water partition coefficient (Wildman–Crippen LogP) is -0.572. The first-order chi connectivity index (χ1) is 23.0. The molecule has 0 aliphatic carbocycles. The minimum atomic E-state index is -2.51. The van der Waals surface area contributed by atoms with Gasteiger partial charge in [0.1, 0.15) is 50.0 Å². The lowest BCUT2D eigenvalue weighted by atomic mass is 9.98. The number of carbonyl (C=O) groups excluding carboxylic acids is 6. The number of carbonyl (C=O) groups is 6. The fourth-order valence-corrected chi connectivity index (χ4v) is 4.88. The predicted molar refractivity (Wildman–Crippen MR) is 157 cm³/mol. The third-order valence-corrected chi connectivity index (χ3v) is 6.94. The van der Waals surface area contributed by atoms with Crippen LogP contribution in [0, 0.1) is 0 Å². The van der Waals surface area contributed by atoms with E-state index in [2.05, 4.69) is 0 Å². The van der Waals surface area contributed by atoms with Crippen molar-refractivity contribution in [2.45, 2.75) is 89.4 Å². The largest absolute Gasteiger partial charge is 0.508 e. The van der Waals surface area contributed by atoms with Crippen LogP contribution in [0.2, 0.25) is 0 Å². The van der Waals surface area contributed by atoms with Gasteiger partial charge in [-0.3, -0.25) is 24.0 Å². The van der Waals surface area contributed by atoms with Crippen molar-refractivity contribution in [3.63, 3.8) is 0 Å². The van der Waals surface area contributed by atoms with E-state index in [1.165, 1.54) is 30.3 Å². The zero-order valence-electron chi connectivity index (χ0n) is 27.2. The number of rotatable bonds is 13. The maximum atomic E-state index is 13.1. The second kappa shape index (κ2) is 17.2. The number of hydrogen-bond donors (Lipinski definition) is 3. The number of aromatic hydroxyl groups is 1. The van der Waals surface area contributed by atoms with Gasteiger partial charge in [0, 0.05) is 40.7 Å². The Bertz CT molecular complexity index is 1390. The highest BCUT2D eigenvalue weighted by Gasteiger charge is 2.63. The molecule has 0 amide bonds. The SMILES string of the molecule is CC(=O)OC[C@H]1O[C@@](COC(C)=O)(O[C@H]2O[C@H](COC(C)=O)[C@@H](OC(C)=O)[C@H](O)[C@H]2OC(C)=O)[C@@H](OC(=O)/C=C\c2ccc(O)cc2)[C@@H]1O. The Morgan fingerprint density at radius 1 is 0.735 bits per heavy atom. The van der Waals surface area contributed by atoms with Crippen LogP contribution in [0.4, 0.5) is 0 Å². The molecule has 3 N–H and O–H groups in total. The molecule has 0 aromatic heterocycles. The first-order valence-electron chi connectivity index (χ1n) is 14.8. The summed E-state index contributed by atoms with van der Waals surface area (Å²) in [5.74, 6) is -7.87. The lowest BCUT2D eigenvalue weighted by Gasteiger charge is -2.45. The summed E-state index contributed by atoms with van der Waals surface area (Å²) >= 11 is 0. The van der Waals surface area contributed by atoms with Crippen LogP contribution in [0.15, 0.2) is 30.3 Å². The number of aliphatic hydroxyl groups is 2. The molecule has 270 valence electrons. The van der Waals surface area contributed by atoms with E-state index in [4.69, 9.17) is 42.6 Å². The lowest BCUT2D eigenvalue weighted by molar-refractivity contribution is -0.384. The van der Waals surface area contributed by atoms with Crippen LogP contribution < -0.4 is 0 Å². The molecule has 18 nitrogen and oxygen atoms in total. The van der Waals surface area contributed by atoms with Gasteiger partial charge in [-0.1, -0.05) is 12.1 Å². The van der Waals surface area contributed by atoms with Crippen molar-refractivity contribution in [2.75, 3.05) is 19.8 Å². The summed E-state index contributed by atoms with van der Waals surface area (Å²) in [5.41, 5.74) is 0.475. The highest BCUT2D eigenvalue weighted by Crippen LogP contribution is 2.40. The van der Waals surface area contributed by atoms with Crippen LogP contribution >= 0.6 is 0 Å². The van der Waals surface area contributed by atoms with Crippen molar-refractivity contribution in [2.24, 2.45) is 0 Å². The Hall–Kier alpha value is -4.62. The van der Waals surface area contributed by atoms with Gasteiger partial charge in [0.25, 0.3) is 0 Å². The Morgan fingerprint density at radius 3 is 1.84 bits per heavy atom. The number of aliphatic hydroxyl groups excluding tert-OH is 2. The highest BCUT2D eigenvalue weighted by molar-refractivity contribution is 5.87. The molecule has 0 bridgehead atoms. The van der Waals surface area contributed by atoms with Gasteiger partial charge in [-0.25, -0.2) is 4.79 Å². The van der Waals surface area contributed by atoms with E-state index < -0.39 is 110 Å². The monoisotopic (exact) mass is 698 g/mol. The maximum Gasteiger partial charge on any atom is 0.331 e. The van der Waals surface area contributed by atoms with Gasteiger partial charge in [-0.2, -0.15) is 0 Å². The molecule has 1 aromatic rings. The summed E-state index contributed by atoms with van der Waals surface area (Å²) in [4.78, 5) is 72.3. The zero-order chi connectivity index (χ0) is 36.5. The summed E-state index contributed by atoms with van der Waals surface area (Å²) in [7, 11) is 0. The summed E-state index contributed by atoms with van der Waals surface area (Å²) in [6, 6.07) is 5.73. The average Bonchev–Trinajstić information content (AvgIpc) is 3.26. The van der Waals surface area contributed by atoms with Crippen LogP contribution in [0.5, 0.6) is 5.75 Å². The van der Waals surface area contributed by atoms with Gasteiger partial charge in [0.15, 0.2) is 18.3 Å². The average molecular weight is 699 g/mol. The molecule has 3 rings (SSSR count). The molecule has 2 saturated heterocycles. The Kier molecular flexibility index (Phi) is 13.6. The zero-order valence-corrected chi connectivity index (χ0v) is 27.2. The normalized spacial score (nSPS) is 29.4. The third kappa shape index (κ3) is 10.9. The number of phenolic OH excluding ortho intramolecular Hbond substituents is 1. The van der Waals surface area contributed by atoms with E-state index in [-0.39, 0.29) is 5.75 Å². The van der Waals surface area contributed by atoms with Gasteiger partial charge in [-0.15, -0.1) is 0 Å². The molecule has 2 heterocycles. The van der Waals surface area contributed by atoms with Crippen molar-refractivity contribution < 1.29 is 86.7 Å². The number of ether oxygens (including phenoxy) is 9. The topological polar surface area (TPSA) is 246 Å². The van der Waals surface area contributed by atoms with E-state index in [0.29, 0.717) is 5.56 Å². The first-order valence-corrected chi connectivity index (χ1v) is 14.8. The summed E-state index contributed by atoms with van der Waals surface area (Å²) in [6.07, 6.45) is -11.6. The van der Waals surface area contributed by atoms with E-state index in [0.717, 1.165) is 40.7 Å². The van der Waals surface area contributed by atoms with Crippen molar-refractivity contribution >= 4 is 41.9 Å². The smallest absolute Gasteiger partial charge is 0.331 e. The van der Waals surface area contributed by atoms with E-state index in [1.54, 1.807) is 0 Å². The lowest BCUT2D eigenvalue weighted by Crippen LogP contribution is -2.65. The molecule has 2 fully saturated rings. The minimum Gasteiger partial charge on any atom is -0.508 e. The number of benzene rings is 1. The van der Waals surface area contributed by atoms with E-state index in [1.807, 2.05) is 0 Å². The molecule has 2 aliphatic heterocycles. The Balaban J connectivity index is 2.06. The Morgan fingerprint density at radius 2 is 1.29 bits per heavy atom. The molecule has 0 radical (unpaired) electrons. The van der Waals surface area contributed by atoms with Crippen LogP contribution in [0.1, 0.15) is 40.2 Å². The second-order valence-corrected chi connectivity index (χ2v) is 10.9. The van der Waals surface area contributed by atoms with Crippen molar-refractivity contribution in [3.8, 4) is 5.75 Å². The quantitative estimate of drug-likeness (QED) is 0.133. The molecular formula is C31H38O18. The first kappa shape index (κ1) is 38.8. The maximum absolute atomic E-state index is 13.1. The minimum absolute atomic E-state index is 0.0199. The van der Waals surface area contributed by atoms with Gasteiger partial charge in [0.05, 0.1) is 0 Å². The van der Waals surface area contributed by atoms with Crippen molar-refractivity contribution in [1.29, 1.82) is 0 Å². The summed E-state index contributed by atoms with van der Waals surface area (Å²) in [6.45, 7) is 3.07. The standard InChI is InChI=1S/C31H38O18/c1-15(32)41-12-22-25(39)29(47-24(38)11-8-20-6-9-21(37)10-7-20)31(48-22,14-43-17(3)34)49-30-28(45-19(5)36)26(40)27(44-18(4)35)23(46-30)13-42-16(2)33/h6-11,22-23,25-30,37,39-40H,12-14H2,1-5H3/b11-8-/t22-,23-,25-,26+,27-,28-,29+,30-,31+/m1/s1. The van der Waals surface area contributed by atoms with Gasteiger partial charge >= 0.3 is 35.8 Å². The number of phenols is 1. The molecule has 0 spiro atoms. The van der Waals surface area contributed by atoms with Crippen LogP contribution in [0.25, 0.3) is 6.08 Å². The van der Waals surface area contributed by atoms with E-state index >= 15 is 0 Å². The third-order valence-electron chi connectivity index (χ3n) is 6.94. The van der Waals surface area contributed by atoms with Crippen molar-refractivity contribution in [3.05, 3.63) is 35.9 Å². The van der Waals surface area contributed by atoms with Gasteiger partial charge in [-0.05, 0) is 23.8 Å². The molecule has 0 saturated carbocycles. The molecule has 9 atom stereocenters. The fourth-order valence-electron chi connectivity index (χ4n) is 4.88.